The summed E-state index contributed by atoms with van der Waals surface area (Å²) in [5.74, 6) is -0.203. The lowest BCUT2D eigenvalue weighted by Gasteiger charge is -2.13. The van der Waals surface area contributed by atoms with Gasteiger partial charge in [-0.1, -0.05) is 27.7 Å². The SMILES string of the molecule is O=C(CSc1nc2sc3c(c2c(=O)n1-c1ccc(Br)cc1)CCCC3)NN=Cc1ccncc1. The number of carbonyl (C=O) groups is 1. The van der Waals surface area contributed by atoms with Gasteiger partial charge in [0.15, 0.2) is 5.16 Å². The van der Waals surface area contributed by atoms with E-state index in [0.29, 0.717) is 5.16 Å². The zero-order chi connectivity index (χ0) is 23.5. The molecule has 0 spiro atoms. The highest BCUT2D eigenvalue weighted by Gasteiger charge is 2.23. The Kier molecular flexibility index (Phi) is 6.89. The second-order valence-electron chi connectivity index (χ2n) is 7.76. The van der Waals surface area contributed by atoms with E-state index >= 15 is 0 Å². The molecule has 0 saturated carbocycles. The number of hydrogen-bond acceptors (Lipinski definition) is 7. The van der Waals surface area contributed by atoms with Crippen molar-refractivity contribution < 1.29 is 4.79 Å². The van der Waals surface area contributed by atoms with Gasteiger partial charge in [0, 0.05) is 21.7 Å². The van der Waals surface area contributed by atoms with E-state index in [1.54, 1.807) is 46.6 Å². The number of aromatic nitrogens is 3. The first-order valence-electron chi connectivity index (χ1n) is 10.8. The van der Waals surface area contributed by atoms with Crippen molar-refractivity contribution in [2.45, 2.75) is 30.8 Å². The summed E-state index contributed by atoms with van der Waals surface area (Å²) in [7, 11) is 0. The van der Waals surface area contributed by atoms with Gasteiger partial charge in [-0.3, -0.25) is 19.1 Å². The quantitative estimate of drug-likeness (QED) is 0.161. The molecule has 1 aliphatic rings. The lowest BCUT2D eigenvalue weighted by atomic mass is 9.97. The number of carbonyl (C=O) groups excluding carboxylic acids is 1. The van der Waals surface area contributed by atoms with Crippen LogP contribution in [-0.4, -0.2) is 32.4 Å². The maximum Gasteiger partial charge on any atom is 0.267 e. The normalized spacial score (nSPS) is 13.3. The fourth-order valence-electron chi connectivity index (χ4n) is 3.89. The molecule has 5 rings (SSSR count). The van der Waals surface area contributed by atoms with Crippen LogP contribution in [0.5, 0.6) is 0 Å². The van der Waals surface area contributed by atoms with E-state index in [1.807, 2.05) is 24.3 Å². The molecule has 3 aromatic heterocycles. The van der Waals surface area contributed by atoms with Crippen molar-refractivity contribution in [3.8, 4) is 5.69 Å². The zero-order valence-corrected chi connectivity index (χ0v) is 21.3. The highest BCUT2D eigenvalue weighted by atomic mass is 79.9. The number of fused-ring (bicyclic) bond motifs is 3. The first-order chi connectivity index (χ1) is 16.6. The van der Waals surface area contributed by atoms with Crippen molar-refractivity contribution in [1.29, 1.82) is 0 Å². The maximum absolute atomic E-state index is 13.7. The first kappa shape index (κ1) is 22.9. The highest BCUT2D eigenvalue weighted by Crippen LogP contribution is 2.35. The average Bonchev–Trinajstić information content (AvgIpc) is 3.23. The van der Waals surface area contributed by atoms with Gasteiger partial charge in [-0.15, -0.1) is 11.3 Å². The van der Waals surface area contributed by atoms with E-state index in [0.717, 1.165) is 57.2 Å². The number of benzene rings is 1. The number of thiophene rings is 1. The number of nitrogens with zero attached hydrogens (tertiary/aromatic N) is 4. The van der Waals surface area contributed by atoms with Crippen molar-refractivity contribution >= 4 is 61.4 Å². The van der Waals surface area contributed by atoms with E-state index in [4.69, 9.17) is 4.98 Å². The number of hydrogen-bond donors (Lipinski definition) is 1. The monoisotopic (exact) mass is 553 g/mol. The largest absolute Gasteiger partial charge is 0.272 e. The molecule has 0 bridgehead atoms. The summed E-state index contributed by atoms with van der Waals surface area (Å²) in [5.41, 5.74) is 5.15. The standard InChI is InChI=1S/C24H20BrN5O2S2/c25-16-5-7-17(8-6-16)30-23(32)21-18-3-1-2-4-19(18)34-22(21)28-24(30)33-14-20(31)29-27-13-15-9-11-26-12-10-15/h5-13H,1-4,14H2,(H,29,31). The van der Waals surface area contributed by atoms with E-state index in [9.17, 15) is 9.59 Å². The molecule has 0 aliphatic heterocycles. The Labute approximate surface area is 212 Å². The fraction of sp³-hybridized carbons (Fsp3) is 0.208. The maximum atomic E-state index is 13.7. The minimum Gasteiger partial charge on any atom is -0.272 e. The van der Waals surface area contributed by atoms with Crippen molar-refractivity contribution in [3.63, 3.8) is 0 Å². The van der Waals surface area contributed by atoms with Crippen molar-refractivity contribution in [3.05, 3.63) is 79.6 Å². The Balaban J connectivity index is 1.45. The summed E-state index contributed by atoms with van der Waals surface area (Å²) in [6.07, 6.45) is 9.01. The molecule has 172 valence electrons. The van der Waals surface area contributed by atoms with Crippen LogP contribution in [0.25, 0.3) is 15.9 Å². The molecular weight excluding hydrogens is 534 g/mol. The van der Waals surface area contributed by atoms with Gasteiger partial charge >= 0.3 is 0 Å². The Morgan fingerprint density at radius 1 is 1.18 bits per heavy atom. The lowest BCUT2D eigenvalue weighted by Crippen LogP contribution is -2.24. The summed E-state index contributed by atoms with van der Waals surface area (Å²) in [5, 5.41) is 5.21. The van der Waals surface area contributed by atoms with Gasteiger partial charge in [0.2, 0.25) is 0 Å². The van der Waals surface area contributed by atoms with Crippen LogP contribution < -0.4 is 11.0 Å². The summed E-state index contributed by atoms with van der Waals surface area (Å²) in [6, 6.07) is 11.1. The molecule has 10 heteroatoms. The zero-order valence-electron chi connectivity index (χ0n) is 18.0. The van der Waals surface area contributed by atoms with Crippen LogP contribution in [0.4, 0.5) is 0 Å². The molecule has 0 unspecified atom stereocenters. The smallest absolute Gasteiger partial charge is 0.267 e. The van der Waals surface area contributed by atoms with Gasteiger partial charge < -0.3 is 0 Å². The van der Waals surface area contributed by atoms with Gasteiger partial charge in [-0.05, 0) is 73.2 Å². The number of aryl methyl sites for hydroxylation is 2. The van der Waals surface area contributed by atoms with Crippen LogP contribution in [0.3, 0.4) is 0 Å². The van der Waals surface area contributed by atoms with Crippen LogP contribution in [0, 0.1) is 0 Å². The molecule has 0 atom stereocenters. The topological polar surface area (TPSA) is 89.2 Å². The van der Waals surface area contributed by atoms with Gasteiger partial charge in [-0.2, -0.15) is 5.10 Å². The summed E-state index contributed by atoms with van der Waals surface area (Å²) < 4.78 is 2.54. The number of halogens is 1. The fourth-order valence-corrected chi connectivity index (χ4v) is 6.26. The Morgan fingerprint density at radius 3 is 2.74 bits per heavy atom. The predicted octanol–water partition coefficient (Wildman–Crippen LogP) is 4.73. The third-order valence-electron chi connectivity index (χ3n) is 5.48. The third-order valence-corrected chi connectivity index (χ3v) is 8.14. The first-order valence-corrected chi connectivity index (χ1v) is 13.4. The number of pyridine rings is 1. The molecule has 1 aromatic carbocycles. The molecule has 1 aliphatic carbocycles. The van der Waals surface area contributed by atoms with Crippen LogP contribution in [0.2, 0.25) is 0 Å². The Bertz CT molecular complexity index is 1430. The lowest BCUT2D eigenvalue weighted by molar-refractivity contribution is -0.118. The molecule has 1 amide bonds. The second kappa shape index (κ2) is 10.2. The van der Waals surface area contributed by atoms with E-state index < -0.39 is 0 Å². The molecule has 1 N–H and O–H groups in total. The third kappa shape index (κ3) is 4.84. The minimum absolute atomic E-state index is 0.0766. The van der Waals surface area contributed by atoms with Gasteiger partial charge in [0.1, 0.15) is 4.83 Å². The van der Waals surface area contributed by atoms with Gasteiger partial charge in [0.05, 0.1) is 23.0 Å². The van der Waals surface area contributed by atoms with E-state index in [-0.39, 0.29) is 17.2 Å². The number of amides is 1. The number of nitrogens with one attached hydrogen (secondary N) is 1. The van der Waals surface area contributed by atoms with Crippen LogP contribution in [0.1, 0.15) is 28.8 Å². The molecule has 0 fully saturated rings. The summed E-state index contributed by atoms with van der Waals surface area (Å²) >= 11 is 6.28. The Hall–Kier alpha value is -2.82. The molecule has 3 heterocycles. The molecule has 7 nitrogen and oxygen atoms in total. The van der Waals surface area contributed by atoms with Crippen LogP contribution >= 0.6 is 39.0 Å². The molecule has 0 saturated heterocycles. The summed E-state index contributed by atoms with van der Waals surface area (Å²) in [4.78, 5) is 37.0. The van der Waals surface area contributed by atoms with Crippen molar-refractivity contribution in [1.82, 2.24) is 20.0 Å². The van der Waals surface area contributed by atoms with Gasteiger partial charge in [-0.25, -0.2) is 10.4 Å². The molecule has 0 radical (unpaired) electrons. The molecule has 4 aromatic rings. The van der Waals surface area contributed by atoms with Gasteiger partial charge in [0.25, 0.3) is 11.5 Å². The second-order valence-corrected chi connectivity index (χ2v) is 10.7. The van der Waals surface area contributed by atoms with Crippen LogP contribution in [-0.2, 0) is 17.6 Å². The minimum atomic E-state index is -0.280. The average molecular weight is 554 g/mol. The Morgan fingerprint density at radius 2 is 1.94 bits per heavy atom. The van der Waals surface area contributed by atoms with Crippen molar-refractivity contribution in [2.75, 3.05) is 5.75 Å². The number of hydrazone groups is 1. The molecule has 34 heavy (non-hydrogen) atoms. The van der Waals surface area contributed by atoms with E-state index in [2.05, 4.69) is 31.4 Å². The molecular formula is C24H20BrN5O2S2. The highest BCUT2D eigenvalue weighted by molar-refractivity contribution is 9.10. The number of thioether (sulfide) groups is 1. The number of rotatable bonds is 6. The summed E-state index contributed by atoms with van der Waals surface area (Å²) in [6.45, 7) is 0. The van der Waals surface area contributed by atoms with E-state index in [1.165, 1.54) is 16.6 Å². The van der Waals surface area contributed by atoms with Crippen molar-refractivity contribution in [2.24, 2.45) is 5.10 Å². The predicted molar refractivity (Wildman–Crippen MR) is 140 cm³/mol. The van der Waals surface area contributed by atoms with Crippen LogP contribution in [0.15, 0.2) is 68.3 Å².